The van der Waals surface area contributed by atoms with E-state index in [1.54, 1.807) is 0 Å². The van der Waals surface area contributed by atoms with E-state index in [-0.39, 0.29) is 11.8 Å². The fraction of sp³-hybridized carbons (Fsp3) is 0.143. The molecule has 0 unspecified atom stereocenters. The van der Waals surface area contributed by atoms with Crippen molar-refractivity contribution in [3.63, 3.8) is 0 Å². The third kappa shape index (κ3) is 3.69. The molecule has 24 heavy (non-hydrogen) atoms. The molecule has 1 N–H and O–H groups in total. The second kappa shape index (κ2) is 7.09. The number of amides is 1. The predicted molar refractivity (Wildman–Crippen MR) is 97.9 cm³/mol. The molecule has 3 rings (SSSR count). The van der Waals surface area contributed by atoms with Gasteiger partial charge < -0.3 is 5.32 Å². The van der Waals surface area contributed by atoms with E-state index in [1.807, 2.05) is 86.8 Å². The number of nitrogens with zero attached hydrogens (tertiary/aromatic N) is 1. The highest BCUT2D eigenvalue weighted by molar-refractivity contribution is 5.95. The maximum Gasteiger partial charge on any atom is 0.231 e. The first-order valence-electron chi connectivity index (χ1n) is 8.02. The summed E-state index contributed by atoms with van der Waals surface area (Å²) in [6, 6.07) is 21.7. The molecule has 0 spiro atoms. The molecular weight excluding hydrogens is 296 g/mol. The van der Waals surface area contributed by atoms with E-state index in [9.17, 15) is 4.79 Å². The molecule has 3 nitrogen and oxygen atoms in total. The fourth-order valence-corrected chi connectivity index (χ4v) is 2.61. The van der Waals surface area contributed by atoms with Gasteiger partial charge in [-0.15, -0.1) is 0 Å². The molecule has 0 fully saturated rings. The van der Waals surface area contributed by atoms with Gasteiger partial charge in [0.25, 0.3) is 0 Å². The van der Waals surface area contributed by atoms with E-state index in [1.165, 1.54) is 0 Å². The van der Waals surface area contributed by atoms with Crippen molar-refractivity contribution in [2.45, 2.75) is 19.8 Å². The molecule has 0 aliphatic heterocycles. The van der Waals surface area contributed by atoms with Crippen LogP contribution in [-0.4, -0.2) is 10.9 Å². The average Bonchev–Trinajstić information content (AvgIpc) is 2.62. The summed E-state index contributed by atoms with van der Waals surface area (Å²) >= 11 is 0. The molecule has 120 valence electrons. The molecule has 0 saturated carbocycles. The molecule has 0 radical (unpaired) electrons. The van der Waals surface area contributed by atoms with E-state index >= 15 is 0 Å². The van der Waals surface area contributed by atoms with E-state index in [2.05, 4.69) is 10.3 Å². The normalized spacial score (nSPS) is 11.8. The van der Waals surface area contributed by atoms with Crippen LogP contribution < -0.4 is 5.32 Å². The predicted octanol–water partition coefficient (Wildman–Crippen LogP) is 4.80. The van der Waals surface area contributed by atoms with Crippen LogP contribution in [0.1, 0.15) is 24.1 Å². The highest BCUT2D eigenvalue weighted by Gasteiger charge is 2.14. The molecule has 1 heterocycles. The minimum Gasteiger partial charge on any atom is -0.326 e. The Hall–Kier alpha value is -2.94. The van der Waals surface area contributed by atoms with Gasteiger partial charge in [0, 0.05) is 17.6 Å². The zero-order chi connectivity index (χ0) is 16.9. The van der Waals surface area contributed by atoms with Crippen molar-refractivity contribution in [2.75, 3.05) is 5.32 Å². The molecular formula is C21H20N2O. The molecule has 1 atom stereocenters. The van der Waals surface area contributed by atoms with Gasteiger partial charge in [0.2, 0.25) is 5.91 Å². The average molecular weight is 316 g/mol. The van der Waals surface area contributed by atoms with Crippen LogP contribution in [0.4, 0.5) is 5.69 Å². The van der Waals surface area contributed by atoms with Crippen LogP contribution in [0, 0.1) is 6.92 Å². The summed E-state index contributed by atoms with van der Waals surface area (Å²) in [5, 5.41) is 2.98. The van der Waals surface area contributed by atoms with Crippen LogP contribution in [0.2, 0.25) is 0 Å². The lowest BCUT2D eigenvalue weighted by Crippen LogP contribution is -2.18. The molecule has 0 aliphatic carbocycles. The molecule has 2 aromatic carbocycles. The highest BCUT2D eigenvalue weighted by atomic mass is 16.1. The number of benzene rings is 2. The smallest absolute Gasteiger partial charge is 0.231 e. The SMILES string of the molecule is Cc1cc(-c2ccc(NC(=O)[C@H](C)c3ccccc3)cc2)ccn1. The summed E-state index contributed by atoms with van der Waals surface area (Å²) < 4.78 is 0. The number of anilines is 1. The minimum atomic E-state index is -0.186. The molecule has 1 aromatic heterocycles. The Morgan fingerprint density at radius 1 is 0.958 bits per heavy atom. The van der Waals surface area contributed by atoms with Crippen molar-refractivity contribution in [1.29, 1.82) is 0 Å². The van der Waals surface area contributed by atoms with Crippen molar-refractivity contribution in [2.24, 2.45) is 0 Å². The van der Waals surface area contributed by atoms with Gasteiger partial charge in [-0.2, -0.15) is 0 Å². The standard InChI is InChI=1S/C21H20N2O/c1-15-14-19(12-13-22-15)18-8-10-20(11-9-18)23-21(24)16(2)17-6-4-3-5-7-17/h3-14,16H,1-2H3,(H,23,24)/t16-/m1/s1. The first-order valence-corrected chi connectivity index (χ1v) is 8.02. The van der Waals surface area contributed by atoms with E-state index in [0.717, 1.165) is 28.1 Å². The second-order valence-electron chi connectivity index (χ2n) is 5.88. The Kier molecular flexibility index (Phi) is 4.71. The van der Waals surface area contributed by atoms with Crippen LogP contribution in [0.3, 0.4) is 0 Å². The number of carbonyl (C=O) groups is 1. The fourth-order valence-electron chi connectivity index (χ4n) is 2.61. The molecule has 0 saturated heterocycles. The van der Waals surface area contributed by atoms with Gasteiger partial charge in [0.05, 0.1) is 5.92 Å². The third-order valence-electron chi connectivity index (χ3n) is 4.08. The first-order chi connectivity index (χ1) is 11.6. The summed E-state index contributed by atoms with van der Waals surface area (Å²) in [5.74, 6) is -0.192. The Balaban J connectivity index is 1.71. The molecule has 3 aromatic rings. The maximum atomic E-state index is 12.4. The number of aromatic nitrogens is 1. The Morgan fingerprint density at radius 2 is 1.67 bits per heavy atom. The van der Waals surface area contributed by atoms with Crippen LogP contribution >= 0.6 is 0 Å². The van der Waals surface area contributed by atoms with Crippen LogP contribution in [-0.2, 0) is 4.79 Å². The minimum absolute atomic E-state index is 0.00583. The van der Waals surface area contributed by atoms with Crippen molar-refractivity contribution in [3.05, 3.63) is 84.2 Å². The van der Waals surface area contributed by atoms with Gasteiger partial charge in [-0.3, -0.25) is 9.78 Å². The molecule has 3 heteroatoms. The number of nitrogens with one attached hydrogen (secondary N) is 1. The van der Waals surface area contributed by atoms with Gasteiger partial charge in [-0.05, 0) is 54.8 Å². The van der Waals surface area contributed by atoms with Crippen LogP contribution in [0.25, 0.3) is 11.1 Å². The molecule has 1 amide bonds. The van der Waals surface area contributed by atoms with Gasteiger partial charge in [-0.1, -0.05) is 42.5 Å². The Labute approximate surface area is 142 Å². The second-order valence-corrected chi connectivity index (χ2v) is 5.88. The van der Waals surface area contributed by atoms with Crippen molar-refractivity contribution in [3.8, 4) is 11.1 Å². The number of aryl methyl sites for hydroxylation is 1. The van der Waals surface area contributed by atoms with Gasteiger partial charge >= 0.3 is 0 Å². The molecule has 0 bridgehead atoms. The maximum absolute atomic E-state index is 12.4. The van der Waals surface area contributed by atoms with Gasteiger partial charge in [-0.25, -0.2) is 0 Å². The highest BCUT2D eigenvalue weighted by Crippen LogP contribution is 2.23. The lowest BCUT2D eigenvalue weighted by molar-refractivity contribution is -0.117. The number of pyridine rings is 1. The molecule has 0 aliphatic rings. The van der Waals surface area contributed by atoms with E-state index in [4.69, 9.17) is 0 Å². The monoisotopic (exact) mass is 316 g/mol. The summed E-state index contributed by atoms with van der Waals surface area (Å²) in [5.41, 5.74) is 5.03. The Bertz CT molecular complexity index is 826. The van der Waals surface area contributed by atoms with E-state index in [0.29, 0.717) is 0 Å². The van der Waals surface area contributed by atoms with Crippen molar-refractivity contribution in [1.82, 2.24) is 4.98 Å². The summed E-state index contributed by atoms with van der Waals surface area (Å²) in [4.78, 5) is 16.6. The van der Waals surface area contributed by atoms with Crippen molar-refractivity contribution >= 4 is 11.6 Å². The first kappa shape index (κ1) is 15.9. The quantitative estimate of drug-likeness (QED) is 0.751. The lowest BCUT2D eigenvalue weighted by Gasteiger charge is -2.13. The number of hydrogen-bond acceptors (Lipinski definition) is 2. The van der Waals surface area contributed by atoms with Crippen molar-refractivity contribution < 1.29 is 4.79 Å². The zero-order valence-corrected chi connectivity index (χ0v) is 13.9. The largest absolute Gasteiger partial charge is 0.326 e. The number of carbonyl (C=O) groups excluding carboxylic acids is 1. The summed E-state index contributed by atoms with van der Waals surface area (Å²) in [6.45, 7) is 3.89. The van der Waals surface area contributed by atoms with Crippen LogP contribution in [0.5, 0.6) is 0 Å². The summed E-state index contributed by atoms with van der Waals surface area (Å²) in [7, 11) is 0. The number of rotatable bonds is 4. The number of hydrogen-bond donors (Lipinski definition) is 1. The summed E-state index contributed by atoms with van der Waals surface area (Å²) in [6.07, 6.45) is 1.81. The third-order valence-corrected chi connectivity index (χ3v) is 4.08. The van der Waals surface area contributed by atoms with Gasteiger partial charge in [0.1, 0.15) is 0 Å². The van der Waals surface area contributed by atoms with E-state index < -0.39 is 0 Å². The topological polar surface area (TPSA) is 42.0 Å². The Morgan fingerprint density at radius 3 is 2.33 bits per heavy atom. The lowest BCUT2D eigenvalue weighted by atomic mass is 10.0. The zero-order valence-electron chi connectivity index (χ0n) is 13.9. The van der Waals surface area contributed by atoms with Crippen LogP contribution in [0.15, 0.2) is 72.9 Å². The van der Waals surface area contributed by atoms with Gasteiger partial charge in [0.15, 0.2) is 0 Å².